The summed E-state index contributed by atoms with van der Waals surface area (Å²) >= 11 is 0. The SMILES string of the molecule is CC(C)(C)c1ccc([C@@H]2C[C@H]2C(=O)N/N=C/c2ccc(OC(=O)c3ccc4c(c3)OCO4)cc2)cc1. The van der Waals surface area contributed by atoms with Crippen LogP contribution in [0.15, 0.2) is 71.8 Å². The van der Waals surface area contributed by atoms with E-state index in [1.807, 2.05) is 0 Å². The van der Waals surface area contributed by atoms with Crippen LogP contribution in [0.2, 0.25) is 0 Å². The predicted octanol–water partition coefficient (Wildman–Crippen LogP) is 5.19. The smallest absolute Gasteiger partial charge is 0.343 e. The first-order valence-corrected chi connectivity index (χ1v) is 11.9. The van der Waals surface area contributed by atoms with E-state index in [2.05, 4.69) is 55.6 Å². The number of hydrogen-bond acceptors (Lipinski definition) is 6. The van der Waals surface area contributed by atoms with Crippen molar-refractivity contribution < 1.29 is 23.8 Å². The third-order valence-electron chi connectivity index (χ3n) is 6.42. The van der Waals surface area contributed by atoms with Gasteiger partial charge in [-0.2, -0.15) is 5.10 Å². The third-order valence-corrected chi connectivity index (χ3v) is 6.42. The number of benzene rings is 3. The van der Waals surface area contributed by atoms with Gasteiger partial charge in [-0.1, -0.05) is 45.0 Å². The van der Waals surface area contributed by atoms with Gasteiger partial charge in [0.25, 0.3) is 0 Å². The highest BCUT2D eigenvalue weighted by Gasteiger charge is 2.44. The topological polar surface area (TPSA) is 86.2 Å². The number of rotatable bonds is 6. The monoisotopic (exact) mass is 484 g/mol. The summed E-state index contributed by atoms with van der Waals surface area (Å²) in [6, 6.07) is 20.3. The Labute approximate surface area is 210 Å². The van der Waals surface area contributed by atoms with Gasteiger partial charge in [0.1, 0.15) is 5.75 Å². The molecule has 3 aromatic carbocycles. The largest absolute Gasteiger partial charge is 0.454 e. The number of esters is 1. The van der Waals surface area contributed by atoms with Crippen LogP contribution in [0.4, 0.5) is 0 Å². The van der Waals surface area contributed by atoms with Crippen molar-refractivity contribution >= 4 is 18.1 Å². The number of hydrogen-bond donors (Lipinski definition) is 1. The molecule has 1 heterocycles. The molecule has 0 bridgehead atoms. The highest BCUT2D eigenvalue weighted by atomic mass is 16.7. The summed E-state index contributed by atoms with van der Waals surface area (Å²) in [5.74, 6) is 1.15. The van der Waals surface area contributed by atoms with E-state index in [4.69, 9.17) is 14.2 Å². The van der Waals surface area contributed by atoms with E-state index in [0.29, 0.717) is 22.8 Å². The molecule has 7 nitrogen and oxygen atoms in total. The van der Waals surface area contributed by atoms with Crippen molar-refractivity contribution in [2.75, 3.05) is 6.79 Å². The van der Waals surface area contributed by atoms with E-state index >= 15 is 0 Å². The average molecular weight is 485 g/mol. The highest BCUT2D eigenvalue weighted by molar-refractivity contribution is 5.92. The average Bonchev–Trinajstić information content (AvgIpc) is 3.53. The molecule has 0 unspecified atom stereocenters. The van der Waals surface area contributed by atoms with Crippen molar-refractivity contribution in [2.45, 2.75) is 38.5 Å². The molecule has 0 radical (unpaired) electrons. The van der Waals surface area contributed by atoms with Crippen LogP contribution in [0.5, 0.6) is 17.2 Å². The summed E-state index contributed by atoms with van der Waals surface area (Å²) in [7, 11) is 0. The molecular weight excluding hydrogens is 456 g/mol. The zero-order valence-corrected chi connectivity index (χ0v) is 20.5. The lowest BCUT2D eigenvalue weighted by Crippen LogP contribution is -2.20. The van der Waals surface area contributed by atoms with E-state index in [0.717, 1.165) is 12.0 Å². The van der Waals surface area contributed by atoms with Crippen LogP contribution in [0.25, 0.3) is 0 Å². The molecule has 36 heavy (non-hydrogen) atoms. The van der Waals surface area contributed by atoms with E-state index in [9.17, 15) is 9.59 Å². The molecule has 1 saturated carbocycles. The minimum Gasteiger partial charge on any atom is -0.454 e. The molecule has 1 N–H and O–H groups in total. The van der Waals surface area contributed by atoms with Gasteiger partial charge in [0.2, 0.25) is 12.7 Å². The molecule has 3 aromatic rings. The lowest BCUT2D eigenvalue weighted by molar-refractivity contribution is -0.122. The Hall–Kier alpha value is -4.13. The summed E-state index contributed by atoms with van der Waals surface area (Å²) in [4.78, 5) is 24.9. The van der Waals surface area contributed by atoms with Gasteiger partial charge in [0, 0.05) is 5.92 Å². The first kappa shape index (κ1) is 23.6. The maximum Gasteiger partial charge on any atom is 0.343 e. The van der Waals surface area contributed by atoms with Gasteiger partial charge >= 0.3 is 5.97 Å². The molecule has 0 saturated heterocycles. The molecule has 2 aliphatic rings. The molecule has 2 atom stereocenters. The summed E-state index contributed by atoms with van der Waals surface area (Å²) in [5, 5.41) is 4.09. The Morgan fingerprint density at radius 3 is 2.42 bits per heavy atom. The van der Waals surface area contributed by atoms with Gasteiger partial charge in [0.15, 0.2) is 11.5 Å². The Morgan fingerprint density at radius 1 is 0.972 bits per heavy atom. The summed E-state index contributed by atoms with van der Waals surface area (Å²) in [6.45, 7) is 6.71. The fourth-order valence-electron chi connectivity index (χ4n) is 4.15. The number of carbonyl (C=O) groups excluding carboxylic acids is 2. The molecule has 5 rings (SSSR count). The maximum atomic E-state index is 12.5. The predicted molar refractivity (Wildman–Crippen MR) is 136 cm³/mol. The fraction of sp³-hybridized carbons (Fsp3) is 0.276. The lowest BCUT2D eigenvalue weighted by Gasteiger charge is -2.19. The Bertz CT molecular complexity index is 1310. The van der Waals surface area contributed by atoms with E-state index in [1.54, 1.807) is 48.7 Å². The quantitative estimate of drug-likeness (QED) is 0.225. The van der Waals surface area contributed by atoms with Crippen molar-refractivity contribution in [2.24, 2.45) is 11.0 Å². The second kappa shape index (κ2) is 9.49. The molecular formula is C29H28N2O5. The van der Waals surface area contributed by atoms with E-state index < -0.39 is 5.97 Å². The molecule has 1 aliphatic carbocycles. The normalized spacial score (nSPS) is 18.2. The van der Waals surface area contributed by atoms with Crippen LogP contribution in [0, 0.1) is 5.92 Å². The number of nitrogens with zero attached hydrogens (tertiary/aromatic N) is 1. The molecule has 184 valence electrons. The number of carbonyl (C=O) groups is 2. The highest BCUT2D eigenvalue weighted by Crippen LogP contribution is 2.47. The standard InChI is InChI=1S/C29H28N2O5/c1-29(2,3)21-9-6-19(7-10-21)23-15-24(23)27(32)31-30-16-18-4-11-22(12-5-18)36-28(33)20-8-13-25-26(14-20)35-17-34-25/h4-14,16,23-24H,15,17H2,1-3H3,(H,31,32)/b30-16+/t23-,24+/m0/s1. The van der Waals surface area contributed by atoms with Crippen molar-refractivity contribution in [3.63, 3.8) is 0 Å². The summed E-state index contributed by atoms with van der Waals surface area (Å²) < 4.78 is 16.0. The summed E-state index contributed by atoms with van der Waals surface area (Å²) in [6.07, 6.45) is 2.40. The van der Waals surface area contributed by atoms with Gasteiger partial charge in [0.05, 0.1) is 11.8 Å². The van der Waals surface area contributed by atoms with Crippen LogP contribution in [0.3, 0.4) is 0 Å². The first-order chi connectivity index (χ1) is 17.3. The van der Waals surface area contributed by atoms with E-state index in [-0.39, 0.29) is 30.0 Å². The Kier molecular flexibility index (Phi) is 6.22. The van der Waals surface area contributed by atoms with Crippen LogP contribution in [-0.4, -0.2) is 24.9 Å². The Morgan fingerprint density at radius 2 is 1.69 bits per heavy atom. The van der Waals surface area contributed by atoms with Crippen LogP contribution < -0.4 is 19.6 Å². The van der Waals surface area contributed by atoms with E-state index in [1.165, 1.54) is 11.1 Å². The number of nitrogens with one attached hydrogen (secondary N) is 1. The van der Waals surface area contributed by atoms with Crippen LogP contribution >= 0.6 is 0 Å². The van der Waals surface area contributed by atoms with Crippen LogP contribution in [0.1, 0.15) is 60.2 Å². The van der Waals surface area contributed by atoms with Crippen molar-refractivity contribution in [1.29, 1.82) is 0 Å². The summed E-state index contributed by atoms with van der Waals surface area (Å²) in [5.41, 5.74) is 6.37. The van der Waals surface area contributed by atoms with Gasteiger partial charge in [-0.3, -0.25) is 4.79 Å². The molecule has 1 fully saturated rings. The van der Waals surface area contributed by atoms with Crippen LogP contribution in [-0.2, 0) is 10.2 Å². The van der Waals surface area contributed by atoms with Crippen molar-refractivity contribution in [1.82, 2.24) is 5.43 Å². The lowest BCUT2D eigenvalue weighted by atomic mass is 9.86. The number of hydrazone groups is 1. The molecule has 1 aliphatic heterocycles. The third kappa shape index (κ3) is 5.25. The maximum absolute atomic E-state index is 12.5. The first-order valence-electron chi connectivity index (χ1n) is 11.9. The second-order valence-corrected chi connectivity index (χ2v) is 10.1. The van der Waals surface area contributed by atoms with Gasteiger partial charge in [-0.05, 0) is 76.9 Å². The number of ether oxygens (including phenoxy) is 3. The zero-order chi connectivity index (χ0) is 25.3. The minimum atomic E-state index is -0.492. The number of fused-ring (bicyclic) bond motifs is 1. The van der Waals surface area contributed by atoms with Gasteiger partial charge < -0.3 is 14.2 Å². The van der Waals surface area contributed by atoms with Gasteiger partial charge in [-0.15, -0.1) is 0 Å². The second-order valence-electron chi connectivity index (χ2n) is 10.1. The fourth-order valence-corrected chi connectivity index (χ4v) is 4.15. The molecule has 0 aromatic heterocycles. The Balaban J connectivity index is 1.11. The molecule has 7 heteroatoms. The minimum absolute atomic E-state index is 0.0550. The van der Waals surface area contributed by atoms with Crippen molar-refractivity contribution in [3.05, 3.63) is 89.0 Å². The van der Waals surface area contributed by atoms with Crippen molar-refractivity contribution in [3.8, 4) is 17.2 Å². The number of amides is 1. The molecule has 0 spiro atoms. The van der Waals surface area contributed by atoms with Gasteiger partial charge in [-0.25, -0.2) is 10.2 Å². The molecule has 1 amide bonds. The zero-order valence-electron chi connectivity index (χ0n) is 20.5.